The van der Waals surface area contributed by atoms with Gasteiger partial charge in [0, 0.05) is 17.7 Å². The molecule has 0 aromatic carbocycles. The number of esters is 2. The highest BCUT2D eigenvalue weighted by atomic mass is 32.2. The summed E-state index contributed by atoms with van der Waals surface area (Å²) in [4.78, 5) is 64.2. The Hall–Kier alpha value is -2.82. The molecule has 1 aromatic heterocycles. The lowest BCUT2D eigenvalue weighted by molar-refractivity contribution is -0.145. The van der Waals surface area contributed by atoms with Crippen LogP contribution in [0.25, 0.3) is 0 Å². The minimum Gasteiger partial charge on any atom is -0.464 e. The zero-order valence-electron chi connectivity index (χ0n) is 15.5. The van der Waals surface area contributed by atoms with Crippen molar-refractivity contribution in [3.05, 3.63) is 43.2 Å². The molecular formula is C17H21N3O7S. The van der Waals surface area contributed by atoms with Gasteiger partial charge in [0.05, 0.1) is 30.0 Å². The predicted octanol–water partition coefficient (Wildman–Crippen LogP) is -0.173. The summed E-state index contributed by atoms with van der Waals surface area (Å²) in [5.74, 6) is -1.07. The highest BCUT2D eigenvalue weighted by Gasteiger charge is 2.27. The second-order valence-corrected chi connectivity index (χ2v) is 6.80. The molecule has 0 aliphatic carbocycles. The maximum atomic E-state index is 11.9. The van der Waals surface area contributed by atoms with E-state index in [4.69, 9.17) is 9.47 Å². The number of amides is 1. The van der Waals surface area contributed by atoms with E-state index in [1.807, 2.05) is 0 Å². The lowest BCUT2D eigenvalue weighted by atomic mass is 10.1. The summed E-state index contributed by atoms with van der Waals surface area (Å²) < 4.78 is 9.94. The molecule has 2 heterocycles. The Morgan fingerprint density at radius 1 is 1.21 bits per heavy atom. The van der Waals surface area contributed by atoms with Gasteiger partial charge in [-0.05, 0) is 20.3 Å². The van der Waals surface area contributed by atoms with Crippen LogP contribution in [0.5, 0.6) is 0 Å². The van der Waals surface area contributed by atoms with Crippen LogP contribution in [0.4, 0.5) is 0 Å². The molecule has 1 aromatic rings. The molecule has 1 aliphatic heterocycles. The van der Waals surface area contributed by atoms with Gasteiger partial charge in [0.15, 0.2) is 0 Å². The highest BCUT2D eigenvalue weighted by molar-refractivity contribution is 8.04. The van der Waals surface area contributed by atoms with Crippen LogP contribution in [-0.4, -0.2) is 58.2 Å². The number of ether oxygens (including phenoxy) is 2. The fraction of sp³-hybridized carbons (Fsp3) is 0.471. The molecule has 2 rings (SSSR count). The van der Waals surface area contributed by atoms with Crippen molar-refractivity contribution in [3.63, 3.8) is 0 Å². The van der Waals surface area contributed by atoms with Crippen LogP contribution in [0.1, 0.15) is 24.6 Å². The first kappa shape index (κ1) is 21.5. The normalized spacial score (nSPS) is 15.1. The third-order valence-corrected chi connectivity index (χ3v) is 4.88. The van der Waals surface area contributed by atoms with Crippen LogP contribution < -0.4 is 11.2 Å². The Labute approximate surface area is 164 Å². The van der Waals surface area contributed by atoms with Gasteiger partial charge in [-0.15, -0.1) is 0 Å². The molecule has 152 valence electrons. The van der Waals surface area contributed by atoms with Gasteiger partial charge in [-0.25, -0.2) is 9.59 Å². The van der Waals surface area contributed by atoms with E-state index in [-0.39, 0.29) is 44.3 Å². The molecule has 0 unspecified atom stereocenters. The van der Waals surface area contributed by atoms with E-state index < -0.39 is 23.2 Å². The maximum Gasteiger partial charge on any atom is 0.333 e. The van der Waals surface area contributed by atoms with Crippen LogP contribution in [0, 0.1) is 6.92 Å². The standard InChI is InChI=1S/C17H21N3O7S/c1-3-26-15(23)8-13-20(12(21)9-28-13)6-7-27-14(22)5-4-11-10(2)18-17(25)19-16(11)24/h8H,3-7,9H2,1-2H3,(H2,18,19,24,25)/b13-8+. The first-order valence-corrected chi connectivity index (χ1v) is 9.59. The number of nitrogens with one attached hydrogen (secondary N) is 2. The number of nitrogens with zero attached hydrogens (tertiary/aromatic N) is 1. The Kier molecular flexibility index (Phi) is 7.61. The fourth-order valence-corrected chi connectivity index (χ4v) is 3.49. The second-order valence-electron chi connectivity index (χ2n) is 5.80. The number of hydrogen-bond acceptors (Lipinski definition) is 8. The molecule has 2 N–H and O–H groups in total. The number of aryl methyl sites for hydroxylation is 1. The van der Waals surface area contributed by atoms with Gasteiger partial charge in [-0.3, -0.25) is 19.4 Å². The molecule has 0 atom stereocenters. The van der Waals surface area contributed by atoms with Gasteiger partial charge in [-0.2, -0.15) is 0 Å². The zero-order valence-corrected chi connectivity index (χ0v) is 16.3. The summed E-state index contributed by atoms with van der Waals surface area (Å²) in [6, 6.07) is 0. The van der Waals surface area contributed by atoms with Crippen LogP contribution >= 0.6 is 11.8 Å². The fourth-order valence-electron chi connectivity index (χ4n) is 2.53. The average molecular weight is 411 g/mol. The zero-order chi connectivity index (χ0) is 20.7. The van der Waals surface area contributed by atoms with E-state index in [1.54, 1.807) is 13.8 Å². The molecule has 0 radical (unpaired) electrons. The lowest BCUT2D eigenvalue weighted by Crippen LogP contribution is -2.30. The predicted molar refractivity (Wildman–Crippen MR) is 101 cm³/mol. The molecule has 0 saturated carbocycles. The summed E-state index contributed by atoms with van der Waals surface area (Å²) in [5, 5.41) is 0.454. The molecule has 28 heavy (non-hydrogen) atoms. The topological polar surface area (TPSA) is 139 Å². The van der Waals surface area contributed by atoms with Crippen molar-refractivity contribution in [2.45, 2.75) is 26.7 Å². The summed E-state index contributed by atoms with van der Waals surface area (Å²) in [6.07, 6.45) is 1.31. The summed E-state index contributed by atoms with van der Waals surface area (Å²) in [7, 11) is 0. The number of carbonyl (C=O) groups is 3. The van der Waals surface area contributed by atoms with Gasteiger partial charge >= 0.3 is 17.6 Å². The van der Waals surface area contributed by atoms with Gasteiger partial charge < -0.3 is 19.4 Å². The van der Waals surface area contributed by atoms with Crippen molar-refractivity contribution in [2.75, 3.05) is 25.5 Å². The number of aromatic amines is 2. The molecule has 1 saturated heterocycles. The molecule has 1 amide bonds. The van der Waals surface area contributed by atoms with Crippen LogP contribution in [-0.2, 0) is 30.3 Å². The minimum atomic E-state index is -0.603. The Morgan fingerprint density at radius 3 is 2.64 bits per heavy atom. The molecule has 10 nitrogen and oxygen atoms in total. The first-order valence-electron chi connectivity index (χ1n) is 8.61. The monoisotopic (exact) mass is 411 g/mol. The quantitative estimate of drug-likeness (QED) is 0.444. The second kappa shape index (κ2) is 9.93. The van der Waals surface area contributed by atoms with E-state index in [0.717, 1.165) is 0 Å². The number of rotatable bonds is 8. The van der Waals surface area contributed by atoms with Gasteiger partial charge in [0.2, 0.25) is 5.91 Å². The van der Waals surface area contributed by atoms with Crippen molar-refractivity contribution in [1.82, 2.24) is 14.9 Å². The largest absolute Gasteiger partial charge is 0.464 e. The summed E-state index contributed by atoms with van der Waals surface area (Å²) >= 11 is 1.21. The van der Waals surface area contributed by atoms with Gasteiger partial charge in [0.25, 0.3) is 5.56 Å². The summed E-state index contributed by atoms with van der Waals surface area (Å²) in [5.41, 5.74) is -0.437. The molecule has 11 heteroatoms. The molecule has 0 bridgehead atoms. The van der Waals surface area contributed by atoms with Crippen molar-refractivity contribution < 1.29 is 23.9 Å². The third-order valence-electron chi connectivity index (χ3n) is 3.85. The van der Waals surface area contributed by atoms with Crippen LogP contribution in [0.2, 0.25) is 0 Å². The highest BCUT2D eigenvalue weighted by Crippen LogP contribution is 2.28. The van der Waals surface area contributed by atoms with Crippen molar-refractivity contribution in [3.8, 4) is 0 Å². The minimum absolute atomic E-state index is 0.0493. The van der Waals surface area contributed by atoms with Crippen molar-refractivity contribution >= 4 is 29.6 Å². The smallest absolute Gasteiger partial charge is 0.333 e. The lowest BCUT2D eigenvalue weighted by Gasteiger charge is -2.16. The number of carbonyl (C=O) groups excluding carboxylic acids is 3. The summed E-state index contributed by atoms with van der Waals surface area (Å²) in [6.45, 7) is 3.55. The van der Waals surface area contributed by atoms with Crippen LogP contribution in [0.3, 0.4) is 0 Å². The van der Waals surface area contributed by atoms with Crippen molar-refractivity contribution in [2.24, 2.45) is 0 Å². The molecule has 0 spiro atoms. The van der Waals surface area contributed by atoms with E-state index in [2.05, 4.69) is 9.97 Å². The molecular weight excluding hydrogens is 390 g/mol. The molecule has 1 aliphatic rings. The number of aromatic nitrogens is 2. The first-order chi connectivity index (χ1) is 13.3. The van der Waals surface area contributed by atoms with Crippen molar-refractivity contribution in [1.29, 1.82) is 0 Å². The Morgan fingerprint density at radius 2 is 1.96 bits per heavy atom. The Bertz CT molecular complexity index is 903. The number of H-pyrrole nitrogens is 2. The number of thioether (sulfide) groups is 1. The van der Waals surface area contributed by atoms with E-state index in [1.165, 1.54) is 22.7 Å². The SMILES string of the molecule is CCOC(=O)/C=C1/SCC(=O)N1CCOC(=O)CCc1c(C)[nH]c(=O)[nH]c1=O. The van der Waals surface area contributed by atoms with Crippen LogP contribution in [0.15, 0.2) is 20.7 Å². The third kappa shape index (κ3) is 5.84. The van der Waals surface area contributed by atoms with E-state index in [0.29, 0.717) is 16.3 Å². The van der Waals surface area contributed by atoms with E-state index in [9.17, 15) is 24.0 Å². The Balaban J connectivity index is 1.84. The van der Waals surface area contributed by atoms with Gasteiger partial charge in [-0.1, -0.05) is 11.8 Å². The average Bonchev–Trinajstić information content (AvgIpc) is 2.94. The maximum absolute atomic E-state index is 11.9. The molecule has 1 fully saturated rings. The van der Waals surface area contributed by atoms with Gasteiger partial charge in [0.1, 0.15) is 6.61 Å². The van der Waals surface area contributed by atoms with E-state index >= 15 is 0 Å². The number of hydrogen-bond donors (Lipinski definition) is 2.